The zero-order valence-electron chi connectivity index (χ0n) is 21.4. The molecule has 0 saturated carbocycles. The molecule has 3 aliphatic rings. The summed E-state index contributed by atoms with van der Waals surface area (Å²) in [6.45, 7) is 2.88. The van der Waals surface area contributed by atoms with E-state index in [0.717, 1.165) is 57.1 Å². The van der Waals surface area contributed by atoms with Crippen molar-refractivity contribution in [3.63, 3.8) is 0 Å². The van der Waals surface area contributed by atoms with Crippen molar-refractivity contribution < 1.29 is 18.0 Å². The van der Waals surface area contributed by atoms with Crippen LogP contribution >= 0.6 is 0 Å². The van der Waals surface area contributed by atoms with Gasteiger partial charge in [-0.15, -0.1) is 14.9 Å². The fraction of sp³-hybridized carbons (Fsp3) is 0.462. The van der Waals surface area contributed by atoms with Crippen LogP contribution in [0.3, 0.4) is 0 Å². The van der Waals surface area contributed by atoms with E-state index in [-0.39, 0.29) is 39.8 Å². The van der Waals surface area contributed by atoms with Gasteiger partial charge in [0.2, 0.25) is 0 Å². The second kappa shape index (κ2) is 9.12. The van der Waals surface area contributed by atoms with Crippen LogP contribution in [0.4, 0.5) is 20.5 Å². The second-order valence-electron chi connectivity index (χ2n) is 10.7. The van der Waals surface area contributed by atoms with Crippen LogP contribution in [0.25, 0.3) is 33.3 Å². The average molecular weight is 539 g/mol. The number of oxazole rings is 1. The highest BCUT2D eigenvalue weighted by Gasteiger charge is 2.34. The van der Waals surface area contributed by atoms with Crippen molar-refractivity contribution in [1.29, 1.82) is 0 Å². The molecule has 3 fully saturated rings. The van der Waals surface area contributed by atoms with Crippen LogP contribution < -0.4 is 26.3 Å². The van der Waals surface area contributed by atoms with E-state index in [9.17, 15) is 13.6 Å². The van der Waals surface area contributed by atoms with Gasteiger partial charge in [0.25, 0.3) is 11.6 Å². The number of hydrogen-bond donors (Lipinski definition) is 2. The third kappa shape index (κ3) is 4.07. The number of fused-ring (bicyclic) bond motifs is 4. The molecule has 0 radical (unpaired) electrons. The van der Waals surface area contributed by atoms with Gasteiger partial charge in [0.05, 0.1) is 28.5 Å². The van der Waals surface area contributed by atoms with Crippen molar-refractivity contribution in [2.45, 2.75) is 43.8 Å². The zero-order chi connectivity index (χ0) is 26.8. The summed E-state index contributed by atoms with van der Waals surface area (Å²) < 4.78 is 35.5. The predicted octanol–water partition coefficient (Wildman–Crippen LogP) is 1.92. The van der Waals surface area contributed by atoms with Crippen LogP contribution in [0.2, 0.25) is 0 Å². The first-order chi connectivity index (χ1) is 18.9. The molecule has 0 spiro atoms. The number of benzene rings is 1. The number of piperazine rings is 1. The van der Waals surface area contributed by atoms with Crippen LogP contribution in [0.15, 0.2) is 27.5 Å². The Morgan fingerprint density at radius 1 is 1.15 bits per heavy atom. The Kier molecular flexibility index (Phi) is 5.67. The Bertz CT molecular complexity index is 1640. The van der Waals surface area contributed by atoms with E-state index >= 15 is 0 Å². The zero-order valence-corrected chi connectivity index (χ0v) is 21.4. The number of likely N-dealkylation sites (tertiary alicyclic amines) is 1. The van der Waals surface area contributed by atoms with Crippen molar-refractivity contribution in [2.75, 3.05) is 43.9 Å². The fourth-order valence-electron chi connectivity index (χ4n) is 6.13. The highest BCUT2D eigenvalue weighted by Crippen LogP contribution is 2.34. The quantitative estimate of drug-likeness (QED) is 0.389. The van der Waals surface area contributed by atoms with E-state index in [1.165, 1.54) is 10.8 Å². The molecule has 0 aliphatic carbocycles. The summed E-state index contributed by atoms with van der Waals surface area (Å²) in [5, 5.41) is 12.6. The maximum atomic E-state index is 14.5. The number of rotatable bonds is 5. The van der Waals surface area contributed by atoms with Crippen LogP contribution in [-0.4, -0.2) is 76.2 Å². The Labute approximate surface area is 221 Å². The van der Waals surface area contributed by atoms with Gasteiger partial charge in [-0.2, -0.15) is 4.98 Å². The Morgan fingerprint density at radius 2 is 1.95 bits per heavy atom. The predicted molar refractivity (Wildman–Crippen MR) is 140 cm³/mol. The number of hydrogen-bond acceptors (Lipinski definition) is 10. The van der Waals surface area contributed by atoms with E-state index in [4.69, 9.17) is 15.0 Å². The molecular weight excluding hydrogens is 510 g/mol. The van der Waals surface area contributed by atoms with Gasteiger partial charge < -0.3 is 25.2 Å². The Balaban J connectivity index is 1.37. The molecule has 3 aromatic heterocycles. The van der Waals surface area contributed by atoms with E-state index < -0.39 is 17.2 Å². The van der Waals surface area contributed by atoms with Gasteiger partial charge in [0.15, 0.2) is 22.7 Å². The molecule has 7 rings (SSSR count). The minimum absolute atomic E-state index is 0.0734. The molecule has 1 aromatic carbocycles. The first kappa shape index (κ1) is 24.2. The summed E-state index contributed by atoms with van der Waals surface area (Å²) in [5.41, 5.74) is 6.15. The van der Waals surface area contributed by atoms with Gasteiger partial charge in [0.1, 0.15) is 12.1 Å². The van der Waals surface area contributed by atoms with Crippen LogP contribution in [-0.2, 0) is 0 Å². The van der Waals surface area contributed by atoms with Gasteiger partial charge in [-0.25, -0.2) is 8.78 Å². The standard InChI is InChI=1S/C26H28F2N8O3/c1-34-6-2-3-15(34)12-38-36-11-20(35-9-13-4-5-14(10-35)30-13)22-17(25(36)37)8-19(32-33-22)16-7-18(27)21(28)23-24(16)39-26(29)31-23/h7-8,11,13-15,30H,2-6,9-10,12H2,1H3,(H2,29,31)/t13?,14?,15-/m0/s1. The average Bonchev–Trinajstić information content (AvgIpc) is 3.63. The number of halogens is 2. The highest BCUT2D eigenvalue weighted by molar-refractivity contribution is 5.95. The summed E-state index contributed by atoms with van der Waals surface area (Å²) in [5.74, 6) is -2.31. The van der Waals surface area contributed by atoms with Crippen molar-refractivity contribution in [2.24, 2.45) is 0 Å². The molecule has 39 heavy (non-hydrogen) atoms. The summed E-state index contributed by atoms with van der Waals surface area (Å²) in [6, 6.07) is 3.06. The number of anilines is 2. The topological polar surface area (TPSA) is 128 Å². The molecule has 3 N–H and O–H groups in total. The molecule has 0 amide bonds. The van der Waals surface area contributed by atoms with Crippen LogP contribution in [0.5, 0.6) is 0 Å². The number of nitrogens with two attached hydrogens (primary N) is 1. The lowest BCUT2D eigenvalue weighted by atomic mass is 10.1. The molecule has 2 unspecified atom stereocenters. The van der Waals surface area contributed by atoms with Gasteiger partial charge in [-0.05, 0) is 51.4 Å². The number of nitrogen functional groups attached to an aromatic ring is 1. The maximum absolute atomic E-state index is 14.5. The van der Waals surface area contributed by atoms with Crippen molar-refractivity contribution in [3.05, 3.63) is 40.3 Å². The summed E-state index contributed by atoms with van der Waals surface area (Å²) in [6.07, 6.45) is 5.96. The summed E-state index contributed by atoms with van der Waals surface area (Å²) >= 11 is 0. The molecule has 13 heteroatoms. The molecule has 3 saturated heterocycles. The number of pyridine rings is 1. The second-order valence-corrected chi connectivity index (χ2v) is 10.7. The Hall–Kier alpha value is -3.84. The number of likely N-dealkylation sites (N-methyl/N-ethyl adjacent to an activating group) is 1. The number of nitrogens with zero attached hydrogens (tertiary/aromatic N) is 6. The smallest absolute Gasteiger partial charge is 0.293 e. The summed E-state index contributed by atoms with van der Waals surface area (Å²) in [7, 11) is 2.05. The van der Waals surface area contributed by atoms with E-state index in [1.54, 1.807) is 6.20 Å². The first-order valence-corrected chi connectivity index (χ1v) is 13.2. The third-order valence-electron chi connectivity index (χ3n) is 8.19. The largest absolute Gasteiger partial charge is 0.423 e. The van der Waals surface area contributed by atoms with E-state index in [1.807, 2.05) is 7.05 Å². The molecule has 2 bridgehead atoms. The highest BCUT2D eigenvalue weighted by atomic mass is 19.2. The van der Waals surface area contributed by atoms with E-state index in [0.29, 0.717) is 24.2 Å². The van der Waals surface area contributed by atoms with Crippen LogP contribution in [0.1, 0.15) is 25.7 Å². The lowest BCUT2D eigenvalue weighted by molar-refractivity contribution is 0.0640. The van der Waals surface area contributed by atoms with Gasteiger partial charge >= 0.3 is 0 Å². The molecule has 11 nitrogen and oxygen atoms in total. The maximum Gasteiger partial charge on any atom is 0.293 e. The molecule has 3 aliphatic heterocycles. The lowest BCUT2D eigenvalue weighted by Gasteiger charge is -2.35. The molecule has 6 heterocycles. The van der Waals surface area contributed by atoms with Crippen LogP contribution in [0, 0.1) is 11.6 Å². The molecule has 204 valence electrons. The van der Waals surface area contributed by atoms with E-state index in [2.05, 4.69) is 30.3 Å². The van der Waals surface area contributed by atoms with Crippen molar-refractivity contribution in [3.8, 4) is 11.3 Å². The molecule has 3 atom stereocenters. The SMILES string of the molecule is CN1CCC[C@H]1COn1cc(N2CC3CCC(C2)N3)c2nnc(-c3cc(F)c(F)c4nc(N)oc34)cc2c1=O. The first-order valence-electron chi connectivity index (χ1n) is 13.2. The number of aromatic nitrogens is 4. The lowest BCUT2D eigenvalue weighted by Crippen LogP contribution is -2.51. The molecule has 4 aromatic rings. The minimum atomic E-state index is -1.17. The minimum Gasteiger partial charge on any atom is -0.423 e. The van der Waals surface area contributed by atoms with Crippen molar-refractivity contribution in [1.82, 2.24) is 30.1 Å². The van der Waals surface area contributed by atoms with Crippen molar-refractivity contribution >= 4 is 33.7 Å². The monoisotopic (exact) mass is 538 g/mol. The number of nitrogens with one attached hydrogen (secondary N) is 1. The fourth-order valence-corrected chi connectivity index (χ4v) is 6.13. The summed E-state index contributed by atoms with van der Waals surface area (Å²) in [4.78, 5) is 28.0. The van der Waals surface area contributed by atoms with Gasteiger partial charge in [0, 0.05) is 31.2 Å². The molecular formula is C26H28F2N8O3. The Morgan fingerprint density at radius 3 is 2.69 bits per heavy atom. The normalized spacial score (nSPS) is 23.4. The van der Waals surface area contributed by atoms with Gasteiger partial charge in [-0.3, -0.25) is 9.69 Å². The third-order valence-corrected chi connectivity index (χ3v) is 8.19. The van der Waals surface area contributed by atoms with Gasteiger partial charge in [-0.1, -0.05) is 0 Å².